The monoisotopic (exact) mass is 325 g/mol. The number of ketones is 1. The van der Waals surface area contributed by atoms with Crippen molar-refractivity contribution in [2.24, 2.45) is 5.73 Å². The SMILES string of the molecule is CC[C@@H](N)c1ccc(Cl)c(C(=O)c2ccc(C=N)nc2)c1F.[HH].[HH].[HH]. The molecular formula is C16H21ClFN3O. The van der Waals surface area contributed by atoms with Crippen LogP contribution in [0.5, 0.6) is 0 Å². The van der Waals surface area contributed by atoms with E-state index in [0.717, 1.165) is 6.21 Å². The number of hydrogen-bond donors (Lipinski definition) is 2. The zero-order valence-corrected chi connectivity index (χ0v) is 12.7. The summed E-state index contributed by atoms with van der Waals surface area (Å²) in [6.07, 6.45) is 2.90. The van der Waals surface area contributed by atoms with Crippen molar-refractivity contribution < 1.29 is 13.5 Å². The summed E-state index contributed by atoms with van der Waals surface area (Å²) in [5.41, 5.74) is 6.53. The molecule has 4 nitrogen and oxygen atoms in total. The summed E-state index contributed by atoms with van der Waals surface area (Å²) in [5, 5.41) is 7.12. The van der Waals surface area contributed by atoms with Crippen molar-refractivity contribution in [1.29, 1.82) is 5.41 Å². The first kappa shape index (κ1) is 16.3. The fourth-order valence-electron chi connectivity index (χ4n) is 2.05. The van der Waals surface area contributed by atoms with Crippen LogP contribution >= 0.6 is 11.6 Å². The molecule has 120 valence electrons. The van der Waals surface area contributed by atoms with Crippen LogP contribution in [0.25, 0.3) is 0 Å². The lowest BCUT2D eigenvalue weighted by atomic mass is 9.97. The number of carbonyl (C=O) groups excluding carboxylic acids is 1. The molecule has 0 aliphatic heterocycles. The van der Waals surface area contributed by atoms with E-state index >= 15 is 0 Å². The van der Waals surface area contributed by atoms with E-state index in [4.69, 9.17) is 22.7 Å². The summed E-state index contributed by atoms with van der Waals surface area (Å²) in [4.78, 5) is 16.4. The van der Waals surface area contributed by atoms with Crippen LogP contribution in [-0.4, -0.2) is 17.0 Å². The Hall–Kier alpha value is -2.11. The number of nitrogens with two attached hydrogens (primary N) is 1. The minimum Gasteiger partial charge on any atom is -0.324 e. The third-order valence-electron chi connectivity index (χ3n) is 3.38. The molecule has 0 saturated carbocycles. The van der Waals surface area contributed by atoms with Gasteiger partial charge in [-0.25, -0.2) is 4.39 Å². The number of hydrogen-bond acceptors (Lipinski definition) is 4. The van der Waals surface area contributed by atoms with Gasteiger partial charge in [0, 0.05) is 33.9 Å². The van der Waals surface area contributed by atoms with E-state index in [1.54, 1.807) is 0 Å². The lowest BCUT2D eigenvalue weighted by molar-refractivity contribution is 0.103. The molecule has 1 heterocycles. The third-order valence-corrected chi connectivity index (χ3v) is 3.70. The molecule has 0 unspecified atom stereocenters. The first-order valence-corrected chi connectivity index (χ1v) is 7.12. The largest absolute Gasteiger partial charge is 0.324 e. The minimum atomic E-state index is -0.692. The Labute approximate surface area is 137 Å². The van der Waals surface area contributed by atoms with Gasteiger partial charge in [-0.05, 0) is 24.6 Å². The molecule has 22 heavy (non-hydrogen) atoms. The number of aromatic nitrogens is 1. The lowest BCUT2D eigenvalue weighted by Crippen LogP contribution is -2.15. The van der Waals surface area contributed by atoms with Gasteiger partial charge in [-0.2, -0.15) is 0 Å². The Kier molecular flexibility index (Phi) is 5.00. The smallest absolute Gasteiger partial charge is 0.199 e. The van der Waals surface area contributed by atoms with E-state index < -0.39 is 17.6 Å². The van der Waals surface area contributed by atoms with Gasteiger partial charge in [0.25, 0.3) is 0 Å². The molecular weight excluding hydrogens is 305 g/mol. The van der Waals surface area contributed by atoms with E-state index in [0.29, 0.717) is 12.1 Å². The van der Waals surface area contributed by atoms with Crippen LogP contribution in [0.4, 0.5) is 4.39 Å². The molecule has 0 fully saturated rings. The highest BCUT2D eigenvalue weighted by molar-refractivity contribution is 6.35. The number of carbonyl (C=O) groups is 1. The standard InChI is InChI=1S/C16H15ClFN3O.3H2/c1-2-13(20)11-5-6-12(17)14(15(11)18)16(22)9-3-4-10(7-19)21-8-9;;;/h3-8,13,19H,2,20H2,1H3;3*1H/t13-;;;/m1.../s1. The van der Waals surface area contributed by atoms with Gasteiger partial charge in [-0.15, -0.1) is 0 Å². The zero-order chi connectivity index (χ0) is 16.3. The predicted molar refractivity (Wildman–Crippen MR) is 90.5 cm³/mol. The van der Waals surface area contributed by atoms with Crippen molar-refractivity contribution in [3.63, 3.8) is 0 Å². The van der Waals surface area contributed by atoms with Gasteiger partial charge in [0.15, 0.2) is 5.78 Å². The van der Waals surface area contributed by atoms with Crippen LogP contribution in [0.3, 0.4) is 0 Å². The average molecular weight is 326 g/mol. The molecule has 1 atom stereocenters. The van der Waals surface area contributed by atoms with Gasteiger partial charge < -0.3 is 11.1 Å². The third kappa shape index (κ3) is 3.05. The summed E-state index contributed by atoms with van der Waals surface area (Å²) in [6.45, 7) is 1.83. The summed E-state index contributed by atoms with van der Waals surface area (Å²) >= 11 is 5.99. The van der Waals surface area contributed by atoms with E-state index in [2.05, 4.69) is 4.98 Å². The molecule has 2 aromatic rings. The van der Waals surface area contributed by atoms with Gasteiger partial charge in [-0.1, -0.05) is 24.6 Å². The average Bonchev–Trinajstić information content (AvgIpc) is 2.54. The van der Waals surface area contributed by atoms with Gasteiger partial charge in [0.05, 0.1) is 16.3 Å². The molecule has 0 radical (unpaired) electrons. The van der Waals surface area contributed by atoms with Crippen LogP contribution in [-0.2, 0) is 0 Å². The fourth-order valence-corrected chi connectivity index (χ4v) is 2.28. The van der Waals surface area contributed by atoms with Gasteiger partial charge in [0.2, 0.25) is 0 Å². The van der Waals surface area contributed by atoms with E-state index in [-0.39, 0.29) is 26.0 Å². The summed E-state index contributed by atoms with van der Waals surface area (Å²) in [5.74, 6) is -1.25. The van der Waals surface area contributed by atoms with E-state index in [9.17, 15) is 9.18 Å². The number of rotatable bonds is 5. The molecule has 0 aliphatic carbocycles. The first-order chi connectivity index (χ1) is 10.5. The molecule has 0 spiro atoms. The van der Waals surface area contributed by atoms with Gasteiger partial charge >= 0.3 is 0 Å². The number of halogens is 2. The van der Waals surface area contributed by atoms with Crippen LogP contribution in [0.15, 0.2) is 30.5 Å². The topological polar surface area (TPSA) is 79.8 Å². The van der Waals surface area contributed by atoms with Crippen molar-refractivity contribution >= 4 is 23.6 Å². The highest BCUT2D eigenvalue weighted by Gasteiger charge is 2.22. The molecule has 0 amide bonds. The molecule has 1 aromatic heterocycles. The summed E-state index contributed by atoms with van der Waals surface area (Å²) in [6, 6.07) is 5.47. The maximum atomic E-state index is 14.6. The molecule has 2 rings (SSSR count). The normalized spacial score (nSPS) is 12.0. The summed E-state index contributed by atoms with van der Waals surface area (Å²) < 4.78 is 14.6. The molecule has 0 saturated heterocycles. The van der Waals surface area contributed by atoms with Crippen LogP contribution in [0.2, 0.25) is 5.02 Å². The van der Waals surface area contributed by atoms with E-state index in [1.807, 2.05) is 6.92 Å². The van der Waals surface area contributed by atoms with Gasteiger partial charge in [-0.3, -0.25) is 9.78 Å². The molecule has 0 aliphatic rings. The Morgan fingerprint density at radius 2 is 2.23 bits per heavy atom. The molecule has 3 N–H and O–H groups in total. The van der Waals surface area contributed by atoms with Crippen molar-refractivity contribution in [1.82, 2.24) is 4.98 Å². The van der Waals surface area contributed by atoms with E-state index in [1.165, 1.54) is 30.5 Å². The quantitative estimate of drug-likeness (QED) is 0.637. The Bertz CT molecular complexity index is 729. The second-order valence-electron chi connectivity index (χ2n) is 4.79. The second kappa shape index (κ2) is 6.77. The first-order valence-electron chi connectivity index (χ1n) is 6.74. The van der Waals surface area contributed by atoms with Crippen molar-refractivity contribution in [3.05, 3.63) is 63.7 Å². The number of benzene rings is 1. The van der Waals surface area contributed by atoms with Crippen LogP contribution < -0.4 is 5.73 Å². The Balaban J connectivity index is 0. The van der Waals surface area contributed by atoms with Gasteiger partial charge in [0.1, 0.15) is 5.82 Å². The molecule has 6 heteroatoms. The maximum absolute atomic E-state index is 14.6. The molecule has 0 bridgehead atoms. The Morgan fingerprint density at radius 1 is 1.50 bits per heavy atom. The predicted octanol–water partition coefficient (Wildman–Crippen LogP) is 4.25. The number of nitrogens with one attached hydrogen (secondary N) is 1. The highest BCUT2D eigenvalue weighted by Crippen LogP contribution is 2.28. The number of pyridine rings is 1. The molecule has 1 aromatic carbocycles. The summed E-state index contributed by atoms with van der Waals surface area (Å²) in [7, 11) is 0. The minimum absolute atomic E-state index is 0. The maximum Gasteiger partial charge on any atom is 0.199 e. The van der Waals surface area contributed by atoms with Crippen LogP contribution in [0, 0.1) is 11.2 Å². The number of nitrogens with zero attached hydrogens (tertiary/aromatic N) is 1. The Morgan fingerprint density at radius 3 is 2.77 bits per heavy atom. The second-order valence-corrected chi connectivity index (χ2v) is 5.19. The van der Waals surface area contributed by atoms with Crippen molar-refractivity contribution in [2.75, 3.05) is 0 Å². The zero-order valence-electron chi connectivity index (χ0n) is 11.9. The van der Waals surface area contributed by atoms with Crippen molar-refractivity contribution in [3.8, 4) is 0 Å². The van der Waals surface area contributed by atoms with Crippen molar-refractivity contribution in [2.45, 2.75) is 19.4 Å². The lowest BCUT2D eigenvalue weighted by Gasteiger charge is -2.14. The highest BCUT2D eigenvalue weighted by atomic mass is 35.5. The van der Waals surface area contributed by atoms with Crippen LogP contribution in [0.1, 0.15) is 50.8 Å². The fraction of sp³-hybridized carbons (Fsp3) is 0.188.